The van der Waals surface area contributed by atoms with E-state index in [0.29, 0.717) is 5.69 Å². The van der Waals surface area contributed by atoms with Crippen LogP contribution in [0, 0.1) is 17.5 Å². The second kappa shape index (κ2) is 5.14. The second-order valence-corrected chi connectivity index (χ2v) is 3.62. The molecule has 0 amide bonds. The Bertz CT molecular complexity index is 546. The van der Waals surface area contributed by atoms with Gasteiger partial charge >= 0.3 is 0 Å². The van der Waals surface area contributed by atoms with E-state index in [4.69, 9.17) is 0 Å². The highest BCUT2D eigenvalue weighted by atomic mass is 19.2. The van der Waals surface area contributed by atoms with Crippen LogP contribution in [0.3, 0.4) is 0 Å². The van der Waals surface area contributed by atoms with Crippen molar-refractivity contribution in [3.63, 3.8) is 0 Å². The molecule has 18 heavy (non-hydrogen) atoms. The monoisotopic (exact) mass is 253 g/mol. The zero-order valence-corrected chi connectivity index (χ0v) is 9.49. The van der Waals surface area contributed by atoms with E-state index in [1.54, 1.807) is 7.05 Å². The van der Waals surface area contributed by atoms with Gasteiger partial charge in [-0.05, 0) is 13.1 Å². The van der Waals surface area contributed by atoms with Gasteiger partial charge < -0.3 is 5.32 Å². The van der Waals surface area contributed by atoms with Crippen LogP contribution < -0.4 is 5.32 Å². The molecule has 0 aliphatic carbocycles. The number of hydrogen-bond donors (Lipinski definition) is 1. The van der Waals surface area contributed by atoms with E-state index in [9.17, 15) is 13.2 Å². The predicted molar refractivity (Wildman–Crippen MR) is 59.3 cm³/mol. The van der Waals surface area contributed by atoms with E-state index < -0.39 is 23.5 Å². The number of nitrogens with one attached hydrogen (secondary N) is 1. The van der Waals surface area contributed by atoms with Crippen molar-refractivity contribution in [2.45, 2.75) is 6.04 Å². The van der Waals surface area contributed by atoms with E-state index in [2.05, 4.69) is 15.3 Å². The summed E-state index contributed by atoms with van der Waals surface area (Å²) in [5.74, 6) is -3.93. The first kappa shape index (κ1) is 12.5. The van der Waals surface area contributed by atoms with Crippen LogP contribution in [0.15, 0.2) is 30.7 Å². The Hall–Kier alpha value is -1.95. The Morgan fingerprint density at radius 2 is 1.89 bits per heavy atom. The van der Waals surface area contributed by atoms with E-state index in [1.165, 1.54) is 24.7 Å². The van der Waals surface area contributed by atoms with Crippen molar-refractivity contribution in [1.82, 2.24) is 15.3 Å². The minimum absolute atomic E-state index is 0.0168. The molecule has 0 aliphatic heterocycles. The third-order valence-electron chi connectivity index (χ3n) is 2.54. The third-order valence-corrected chi connectivity index (χ3v) is 2.54. The van der Waals surface area contributed by atoms with Gasteiger partial charge in [0.15, 0.2) is 17.5 Å². The van der Waals surface area contributed by atoms with Crippen molar-refractivity contribution in [2.24, 2.45) is 0 Å². The van der Waals surface area contributed by atoms with Crippen LogP contribution in [-0.4, -0.2) is 17.0 Å². The molecule has 0 radical (unpaired) electrons. The maximum Gasteiger partial charge on any atom is 0.194 e. The van der Waals surface area contributed by atoms with Gasteiger partial charge in [0.2, 0.25) is 0 Å². The van der Waals surface area contributed by atoms with E-state index in [0.717, 1.165) is 6.07 Å². The predicted octanol–water partition coefficient (Wildman–Crippen LogP) is 2.20. The van der Waals surface area contributed by atoms with E-state index >= 15 is 0 Å². The topological polar surface area (TPSA) is 37.8 Å². The summed E-state index contributed by atoms with van der Waals surface area (Å²) in [6.45, 7) is 0. The molecule has 1 N–H and O–H groups in total. The van der Waals surface area contributed by atoms with Gasteiger partial charge in [-0.3, -0.25) is 9.97 Å². The summed E-state index contributed by atoms with van der Waals surface area (Å²) in [5.41, 5.74) is 0.404. The van der Waals surface area contributed by atoms with Gasteiger partial charge in [-0.2, -0.15) is 0 Å². The summed E-state index contributed by atoms with van der Waals surface area (Å²) < 4.78 is 39.7. The zero-order chi connectivity index (χ0) is 13.1. The lowest BCUT2D eigenvalue weighted by Gasteiger charge is -2.16. The summed E-state index contributed by atoms with van der Waals surface area (Å²) in [4.78, 5) is 7.87. The molecule has 94 valence electrons. The Kier molecular flexibility index (Phi) is 3.57. The smallest absolute Gasteiger partial charge is 0.194 e. The molecule has 0 bridgehead atoms. The normalized spacial score (nSPS) is 12.4. The SMILES string of the molecule is CNC(c1cnccn1)c1ccc(F)c(F)c1F. The van der Waals surface area contributed by atoms with Gasteiger partial charge in [0.1, 0.15) is 0 Å². The Morgan fingerprint density at radius 3 is 2.50 bits per heavy atom. The molecule has 2 rings (SSSR count). The van der Waals surface area contributed by atoms with Gasteiger partial charge in [0, 0.05) is 18.0 Å². The first-order valence-electron chi connectivity index (χ1n) is 5.21. The average Bonchev–Trinajstić information content (AvgIpc) is 2.41. The molecule has 1 aromatic heterocycles. The molecular weight excluding hydrogens is 243 g/mol. The minimum Gasteiger partial charge on any atom is -0.308 e. The molecule has 2 aromatic rings. The Labute approximate surface area is 102 Å². The first-order chi connectivity index (χ1) is 8.65. The van der Waals surface area contributed by atoms with Gasteiger partial charge in [0.05, 0.1) is 17.9 Å². The van der Waals surface area contributed by atoms with Crippen molar-refractivity contribution in [3.05, 3.63) is 59.4 Å². The molecule has 0 saturated heterocycles. The van der Waals surface area contributed by atoms with E-state index in [1.807, 2.05) is 0 Å². The Morgan fingerprint density at radius 1 is 1.11 bits per heavy atom. The second-order valence-electron chi connectivity index (χ2n) is 3.62. The van der Waals surface area contributed by atoms with Crippen LogP contribution in [-0.2, 0) is 0 Å². The van der Waals surface area contributed by atoms with Crippen LogP contribution in [0.5, 0.6) is 0 Å². The van der Waals surface area contributed by atoms with Gasteiger partial charge in [-0.25, -0.2) is 13.2 Å². The van der Waals surface area contributed by atoms with Crippen molar-refractivity contribution in [3.8, 4) is 0 Å². The fourth-order valence-electron chi connectivity index (χ4n) is 1.69. The summed E-state index contributed by atoms with van der Waals surface area (Å²) in [7, 11) is 1.57. The molecule has 0 fully saturated rings. The minimum atomic E-state index is -1.49. The lowest BCUT2D eigenvalue weighted by atomic mass is 10.0. The molecular formula is C12H10F3N3. The van der Waals surface area contributed by atoms with Crippen LogP contribution in [0.1, 0.15) is 17.3 Å². The largest absolute Gasteiger partial charge is 0.308 e. The lowest BCUT2D eigenvalue weighted by molar-refractivity contribution is 0.434. The zero-order valence-electron chi connectivity index (χ0n) is 9.49. The fraction of sp³-hybridized carbons (Fsp3) is 0.167. The molecule has 0 saturated carbocycles. The number of hydrogen-bond acceptors (Lipinski definition) is 3. The average molecular weight is 253 g/mol. The number of halogens is 3. The van der Waals surface area contributed by atoms with Crippen LogP contribution in [0.4, 0.5) is 13.2 Å². The Balaban J connectivity index is 2.50. The molecule has 3 nitrogen and oxygen atoms in total. The van der Waals surface area contributed by atoms with Crippen molar-refractivity contribution >= 4 is 0 Å². The van der Waals surface area contributed by atoms with Gasteiger partial charge in [0.25, 0.3) is 0 Å². The van der Waals surface area contributed by atoms with Crippen molar-refractivity contribution in [1.29, 1.82) is 0 Å². The summed E-state index contributed by atoms with van der Waals surface area (Å²) >= 11 is 0. The van der Waals surface area contributed by atoms with Crippen molar-refractivity contribution in [2.75, 3.05) is 7.05 Å². The quantitative estimate of drug-likeness (QED) is 0.852. The number of benzene rings is 1. The first-order valence-corrected chi connectivity index (χ1v) is 5.21. The fourth-order valence-corrected chi connectivity index (χ4v) is 1.69. The number of rotatable bonds is 3. The standard InChI is InChI=1S/C12H10F3N3/c1-16-12(9-6-17-4-5-18-9)7-2-3-8(13)11(15)10(7)14/h2-6,12,16H,1H3. The maximum atomic E-state index is 13.7. The molecule has 0 spiro atoms. The molecule has 0 aliphatic rings. The number of nitrogens with zero attached hydrogens (tertiary/aromatic N) is 2. The van der Waals surface area contributed by atoms with Gasteiger partial charge in [-0.15, -0.1) is 0 Å². The highest BCUT2D eigenvalue weighted by Crippen LogP contribution is 2.24. The van der Waals surface area contributed by atoms with Crippen LogP contribution in [0.25, 0.3) is 0 Å². The summed E-state index contributed by atoms with van der Waals surface area (Å²) in [5, 5.41) is 2.79. The van der Waals surface area contributed by atoms with Gasteiger partial charge in [-0.1, -0.05) is 6.07 Å². The lowest BCUT2D eigenvalue weighted by Crippen LogP contribution is -2.21. The number of aromatic nitrogens is 2. The maximum absolute atomic E-state index is 13.7. The summed E-state index contributed by atoms with van der Waals surface area (Å²) in [6.07, 6.45) is 4.34. The molecule has 6 heteroatoms. The highest BCUT2D eigenvalue weighted by Gasteiger charge is 2.21. The van der Waals surface area contributed by atoms with Crippen molar-refractivity contribution < 1.29 is 13.2 Å². The van der Waals surface area contributed by atoms with Crippen LogP contribution in [0.2, 0.25) is 0 Å². The summed E-state index contributed by atoms with van der Waals surface area (Å²) in [6, 6.07) is 1.38. The van der Waals surface area contributed by atoms with Crippen LogP contribution >= 0.6 is 0 Å². The highest BCUT2D eigenvalue weighted by molar-refractivity contribution is 5.29. The molecule has 1 heterocycles. The van der Waals surface area contributed by atoms with E-state index in [-0.39, 0.29) is 5.56 Å². The molecule has 1 aromatic carbocycles. The third kappa shape index (κ3) is 2.19. The molecule has 1 unspecified atom stereocenters. The molecule has 1 atom stereocenters.